The molecule has 0 spiro atoms. The number of halogens is 3. The highest BCUT2D eigenvalue weighted by molar-refractivity contribution is 7.09. The third-order valence-corrected chi connectivity index (χ3v) is 2.40. The molecule has 0 aliphatic rings. The Kier molecular flexibility index (Phi) is 2.92. The van der Waals surface area contributed by atoms with Crippen LogP contribution in [-0.2, 0) is 6.42 Å². The third-order valence-electron chi connectivity index (χ3n) is 1.41. The lowest BCUT2D eigenvalue weighted by atomic mass is 10.2. The zero-order valence-electron chi connectivity index (χ0n) is 6.80. The van der Waals surface area contributed by atoms with Gasteiger partial charge in [0.1, 0.15) is 0 Å². The van der Waals surface area contributed by atoms with Crippen LogP contribution in [0, 0.1) is 6.92 Å². The monoisotopic (exact) mass is 211 g/mol. The minimum Gasteiger partial charge on any atom is -0.383 e. The Labute approximate surface area is 77.0 Å². The van der Waals surface area contributed by atoms with Crippen LogP contribution in [0.1, 0.15) is 10.7 Å². The van der Waals surface area contributed by atoms with Gasteiger partial charge in [-0.15, -0.1) is 11.3 Å². The predicted octanol–water partition coefficient (Wildman–Crippen LogP) is 1.92. The van der Waals surface area contributed by atoms with Gasteiger partial charge < -0.3 is 5.11 Å². The minimum absolute atomic E-state index is 0.308. The van der Waals surface area contributed by atoms with Crippen LogP contribution in [0.4, 0.5) is 13.2 Å². The second-order valence-corrected chi connectivity index (χ2v) is 3.59. The molecule has 1 heterocycles. The van der Waals surface area contributed by atoms with Crippen LogP contribution in [0.15, 0.2) is 5.38 Å². The number of rotatable bonds is 2. The van der Waals surface area contributed by atoms with Crippen LogP contribution in [0.5, 0.6) is 0 Å². The van der Waals surface area contributed by atoms with E-state index in [0.717, 1.165) is 11.3 Å². The first-order valence-electron chi connectivity index (χ1n) is 3.55. The van der Waals surface area contributed by atoms with Gasteiger partial charge in [0.25, 0.3) is 0 Å². The molecule has 0 bridgehead atoms. The van der Waals surface area contributed by atoms with E-state index in [0.29, 0.717) is 10.7 Å². The Bertz CT molecular complexity index is 284. The third kappa shape index (κ3) is 2.96. The Morgan fingerprint density at radius 1 is 1.62 bits per heavy atom. The summed E-state index contributed by atoms with van der Waals surface area (Å²) in [7, 11) is 0. The van der Waals surface area contributed by atoms with Gasteiger partial charge in [-0.3, -0.25) is 0 Å². The molecule has 1 rings (SSSR count). The molecule has 0 radical (unpaired) electrons. The maximum atomic E-state index is 11.9. The van der Waals surface area contributed by atoms with E-state index in [9.17, 15) is 13.2 Å². The Balaban J connectivity index is 2.60. The maximum Gasteiger partial charge on any atom is 0.414 e. The number of nitrogens with zero attached hydrogens (tertiary/aromatic N) is 1. The molecule has 1 atom stereocenters. The molecule has 0 aliphatic heterocycles. The summed E-state index contributed by atoms with van der Waals surface area (Å²) in [6, 6.07) is 0. The molecule has 6 heteroatoms. The van der Waals surface area contributed by atoms with E-state index in [4.69, 9.17) is 5.11 Å². The number of alkyl halides is 3. The number of hydrogen-bond donors (Lipinski definition) is 1. The Morgan fingerprint density at radius 2 is 2.23 bits per heavy atom. The van der Waals surface area contributed by atoms with Gasteiger partial charge in [0.2, 0.25) is 0 Å². The molecular weight excluding hydrogens is 203 g/mol. The van der Waals surface area contributed by atoms with E-state index in [1.54, 1.807) is 12.3 Å². The van der Waals surface area contributed by atoms with Crippen LogP contribution < -0.4 is 0 Å². The number of aliphatic hydroxyl groups is 1. The normalized spacial score (nSPS) is 14.5. The fourth-order valence-electron chi connectivity index (χ4n) is 0.778. The first-order chi connectivity index (χ1) is 5.89. The molecule has 0 fully saturated rings. The summed E-state index contributed by atoms with van der Waals surface area (Å²) >= 11 is 1.12. The van der Waals surface area contributed by atoms with Crippen LogP contribution in [0.2, 0.25) is 0 Å². The van der Waals surface area contributed by atoms with Gasteiger partial charge in [-0.25, -0.2) is 4.98 Å². The second kappa shape index (κ2) is 3.63. The van der Waals surface area contributed by atoms with Crippen molar-refractivity contribution in [3.05, 3.63) is 16.1 Å². The van der Waals surface area contributed by atoms with Crippen molar-refractivity contribution in [1.29, 1.82) is 0 Å². The van der Waals surface area contributed by atoms with Crippen LogP contribution in [0.3, 0.4) is 0 Å². The summed E-state index contributed by atoms with van der Waals surface area (Å²) in [6.07, 6.45) is -7.32. The fraction of sp³-hybridized carbons (Fsp3) is 0.571. The number of aryl methyl sites for hydroxylation is 1. The zero-order valence-corrected chi connectivity index (χ0v) is 7.61. The van der Waals surface area contributed by atoms with E-state index in [1.165, 1.54) is 0 Å². The quantitative estimate of drug-likeness (QED) is 0.810. The fourth-order valence-corrected chi connectivity index (χ4v) is 1.59. The molecule has 0 aromatic carbocycles. The van der Waals surface area contributed by atoms with Gasteiger partial charge in [-0.05, 0) is 6.92 Å². The van der Waals surface area contributed by atoms with Crippen LogP contribution in [-0.4, -0.2) is 22.4 Å². The van der Waals surface area contributed by atoms with E-state index < -0.39 is 18.7 Å². The van der Waals surface area contributed by atoms with E-state index >= 15 is 0 Å². The average Bonchev–Trinajstić information content (AvgIpc) is 2.33. The van der Waals surface area contributed by atoms with Crippen molar-refractivity contribution in [3.63, 3.8) is 0 Å². The number of aromatic nitrogens is 1. The highest BCUT2D eigenvalue weighted by atomic mass is 32.1. The summed E-state index contributed by atoms with van der Waals surface area (Å²) in [4.78, 5) is 3.82. The van der Waals surface area contributed by atoms with Crippen LogP contribution >= 0.6 is 11.3 Å². The molecule has 0 unspecified atom stereocenters. The second-order valence-electron chi connectivity index (χ2n) is 2.64. The predicted molar refractivity (Wildman–Crippen MR) is 42.6 cm³/mol. The molecule has 0 saturated carbocycles. The van der Waals surface area contributed by atoms with Crippen molar-refractivity contribution in [2.45, 2.75) is 25.6 Å². The smallest absolute Gasteiger partial charge is 0.383 e. The van der Waals surface area contributed by atoms with Crippen LogP contribution in [0.25, 0.3) is 0 Å². The SMILES string of the molecule is Cc1csc(C[C@@H](O)C(F)(F)F)n1. The molecule has 74 valence electrons. The summed E-state index contributed by atoms with van der Waals surface area (Å²) in [5.74, 6) is 0. The molecular formula is C7H8F3NOS. The standard InChI is InChI=1S/C7H8F3NOS/c1-4-3-13-6(11-4)2-5(12)7(8,9)10/h3,5,12H,2H2,1H3/t5-/m1/s1. The van der Waals surface area contributed by atoms with Crippen molar-refractivity contribution in [3.8, 4) is 0 Å². The lowest BCUT2D eigenvalue weighted by molar-refractivity contribution is -0.203. The lowest BCUT2D eigenvalue weighted by Crippen LogP contribution is -2.30. The number of thiazole rings is 1. The molecule has 1 aromatic rings. The largest absolute Gasteiger partial charge is 0.414 e. The first-order valence-corrected chi connectivity index (χ1v) is 4.43. The van der Waals surface area contributed by atoms with Gasteiger partial charge in [-0.2, -0.15) is 13.2 Å². The number of aliphatic hydroxyl groups excluding tert-OH is 1. The molecule has 1 N–H and O–H groups in total. The summed E-state index contributed by atoms with van der Waals surface area (Å²) in [5, 5.41) is 10.6. The minimum atomic E-state index is -4.56. The molecule has 0 amide bonds. The van der Waals surface area contributed by atoms with E-state index in [1.807, 2.05) is 0 Å². The van der Waals surface area contributed by atoms with Crippen molar-refractivity contribution < 1.29 is 18.3 Å². The van der Waals surface area contributed by atoms with Crippen molar-refractivity contribution in [2.75, 3.05) is 0 Å². The Hall–Kier alpha value is -0.620. The lowest BCUT2D eigenvalue weighted by Gasteiger charge is -2.12. The van der Waals surface area contributed by atoms with Gasteiger partial charge in [0.05, 0.1) is 5.01 Å². The molecule has 2 nitrogen and oxygen atoms in total. The van der Waals surface area contributed by atoms with Gasteiger partial charge in [0.15, 0.2) is 6.10 Å². The van der Waals surface area contributed by atoms with Gasteiger partial charge in [0, 0.05) is 17.5 Å². The summed E-state index contributed by atoms with van der Waals surface area (Å²) in [5.41, 5.74) is 0.675. The Morgan fingerprint density at radius 3 is 2.62 bits per heavy atom. The zero-order chi connectivity index (χ0) is 10.1. The topological polar surface area (TPSA) is 33.1 Å². The van der Waals surface area contributed by atoms with E-state index in [2.05, 4.69) is 4.98 Å². The maximum absolute atomic E-state index is 11.9. The first kappa shape index (κ1) is 10.5. The number of hydrogen-bond acceptors (Lipinski definition) is 3. The van der Waals surface area contributed by atoms with Crippen molar-refractivity contribution in [1.82, 2.24) is 4.98 Å². The summed E-state index contributed by atoms with van der Waals surface area (Å²) < 4.78 is 35.6. The summed E-state index contributed by atoms with van der Waals surface area (Å²) in [6.45, 7) is 1.69. The van der Waals surface area contributed by atoms with E-state index in [-0.39, 0.29) is 0 Å². The van der Waals surface area contributed by atoms with Crippen molar-refractivity contribution >= 4 is 11.3 Å². The average molecular weight is 211 g/mol. The molecule has 1 aromatic heterocycles. The highest BCUT2D eigenvalue weighted by Crippen LogP contribution is 2.23. The highest BCUT2D eigenvalue weighted by Gasteiger charge is 2.38. The van der Waals surface area contributed by atoms with Gasteiger partial charge in [-0.1, -0.05) is 0 Å². The molecule has 0 saturated heterocycles. The van der Waals surface area contributed by atoms with Crippen molar-refractivity contribution in [2.24, 2.45) is 0 Å². The van der Waals surface area contributed by atoms with Gasteiger partial charge >= 0.3 is 6.18 Å². The molecule has 13 heavy (non-hydrogen) atoms. The molecule has 0 aliphatic carbocycles.